The number of amides is 1. The maximum absolute atomic E-state index is 13.5. The molecule has 1 aliphatic heterocycles. The molecule has 6 nitrogen and oxygen atoms in total. The fourth-order valence-corrected chi connectivity index (χ4v) is 5.24. The minimum Gasteiger partial charge on any atom is -0.399 e. The Kier molecular flexibility index (Phi) is 8.85. The third-order valence-electron chi connectivity index (χ3n) is 7.40. The Morgan fingerprint density at radius 1 is 1.16 bits per heavy atom. The van der Waals surface area contributed by atoms with E-state index in [0.717, 1.165) is 54.0 Å². The van der Waals surface area contributed by atoms with Crippen molar-refractivity contribution in [2.24, 2.45) is 16.6 Å². The van der Waals surface area contributed by atoms with Gasteiger partial charge < -0.3 is 20.9 Å². The first-order chi connectivity index (χ1) is 18.4. The molecule has 198 valence electrons. The number of benzene rings is 2. The summed E-state index contributed by atoms with van der Waals surface area (Å²) >= 11 is 0. The van der Waals surface area contributed by atoms with E-state index < -0.39 is 0 Å². The molecule has 0 saturated carbocycles. The molecule has 2 aliphatic rings. The van der Waals surface area contributed by atoms with Crippen LogP contribution in [0.15, 0.2) is 90.7 Å². The highest BCUT2D eigenvalue weighted by atomic mass is 16.2. The highest BCUT2D eigenvalue weighted by molar-refractivity contribution is 6.10. The summed E-state index contributed by atoms with van der Waals surface area (Å²) in [4.78, 5) is 22.2. The number of rotatable bonds is 7. The number of anilines is 2. The number of nitrogens with zero attached hydrogens (tertiary/aromatic N) is 3. The molecule has 38 heavy (non-hydrogen) atoms. The largest absolute Gasteiger partial charge is 0.399 e. The van der Waals surface area contributed by atoms with Crippen LogP contribution in [-0.2, 0) is 4.79 Å². The van der Waals surface area contributed by atoms with Crippen LogP contribution in [0, 0.1) is 12.8 Å². The van der Waals surface area contributed by atoms with E-state index in [4.69, 9.17) is 5.73 Å². The fourth-order valence-electron chi connectivity index (χ4n) is 5.24. The normalized spacial score (nSPS) is 17.8. The first kappa shape index (κ1) is 27.0. The number of likely N-dealkylation sites (tertiary alicyclic amines) is 1. The lowest BCUT2D eigenvalue weighted by Gasteiger charge is -2.31. The number of nitrogens with one attached hydrogen (secondary N) is 1. The molecule has 4 rings (SSSR count). The Bertz CT molecular complexity index is 1280. The molecule has 1 fully saturated rings. The molecule has 0 spiro atoms. The van der Waals surface area contributed by atoms with Crippen molar-refractivity contribution in [1.29, 1.82) is 0 Å². The van der Waals surface area contributed by atoms with E-state index in [0.29, 0.717) is 11.5 Å². The second-order valence-electron chi connectivity index (χ2n) is 9.97. The van der Waals surface area contributed by atoms with E-state index in [-0.39, 0.29) is 11.8 Å². The third-order valence-corrected chi connectivity index (χ3v) is 7.40. The zero-order valence-corrected chi connectivity index (χ0v) is 22.6. The predicted molar refractivity (Wildman–Crippen MR) is 160 cm³/mol. The maximum Gasteiger partial charge on any atom is 0.233 e. The predicted octanol–water partition coefficient (Wildman–Crippen LogP) is 6.23. The van der Waals surface area contributed by atoms with E-state index in [1.165, 1.54) is 31.2 Å². The van der Waals surface area contributed by atoms with Gasteiger partial charge in [0.25, 0.3) is 0 Å². The van der Waals surface area contributed by atoms with Crippen LogP contribution in [0.5, 0.6) is 0 Å². The summed E-state index contributed by atoms with van der Waals surface area (Å²) in [6, 6.07) is 13.7. The van der Waals surface area contributed by atoms with E-state index in [9.17, 15) is 4.79 Å². The van der Waals surface area contributed by atoms with Crippen molar-refractivity contribution in [2.75, 3.05) is 30.4 Å². The minimum atomic E-state index is -0.150. The van der Waals surface area contributed by atoms with Crippen LogP contribution < -0.4 is 16.0 Å². The highest BCUT2D eigenvalue weighted by Crippen LogP contribution is 2.27. The summed E-state index contributed by atoms with van der Waals surface area (Å²) in [5.41, 5.74) is 12.3. The van der Waals surface area contributed by atoms with Crippen molar-refractivity contribution in [3.8, 4) is 0 Å². The van der Waals surface area contributed by atoms with Gasteiger partial charge in [-0.1, -0.05) is 49.6 Å². The number of carbonyl (C=O) groups excluding carboxylic acids is 1. The van der Waals surface area contributed by atoms with Crippen molar-refractivity contribution in [3.63, 3.8) is 0 Å². The molecular formula is C32H39N5O. The number of allylic oxidation sites excluding steroid dienone is 3. The minimum absolute atomic E-state index is 0.0941. The van der Waals surface area contributed by atoms with Crippen molar-refractivity contribution < 1.29 is 4.79 Å². The molecule has 3 N–H and O–H groups in total. The number of carbonyl (C=O) groups is 1. The first-order valence-electron chi connectivity index (χ1n) is 13.4. The Hall–Kier alpha value is -4.06. The molecule has 2 aromatic rings. The van der Waals surface area contributed by atoms with Crippen molar-refractivity contribution >= 4 is 28.8 Å². The average Bonchev–Trinajstić information content (AvgIpc) is 3.19. The van der Waals surface area contributed by atoms with Gasteiger partial charge >= 0.3 is 0 Å². The van der Waals surface area contributed by atoms with Gasteiger partial charge in [-0.25, -0.2) is 4.99 Å². The standard InChI is InChI=1S/C32H39N5O/c1-5-34-31(30-17-11-16-29(23(30)2)24(3)33)35-26-13-10-15-28(22-26)36(4)32(38)25-12-9-14-27(19-18-25)37-20-7-6-8-21-37/h5,9-17,22,25H,1,3,6-8,18-21,33H2,2,4H3,(H,34,35). The maximum atomic E-state index is 13.5. The zero-order valence-electron chi connectivity index (χ0n) is 22.6. The summed E-state index contributed by atoms with van der Waals surface area (Å²) in [5.74, 6) is 0.592. The van der Waals surface area contributed by atoms with Crippen LogP contribution in [0.25, 0.3) is 5.70 Å². The number of piperidine rings is 1. The molecule has 6 heteroatoms. The monoisotopic (exact) mass is 509 g/mol. The summed E-state index contributed by atoms with van der Waals surface area (Å²) in [5, 5.41) is 3.41. The van der Waals surface area contributed by atoms with Crippen molar-refractivity contribution in [1.82, 2.24) is 4.90 Å². The van der Waals surface area contributed by atoms with E-state index in [1.54, 1.807) is 4.90 Å². The zero-order chi connectivity index (χ0) is 27.1. The van der Waals surface area contributed by atoms with Crippen molar-refractivity contribution in [3.05, 3.63) is 102 Å². The van der Waals surface area contributed by atoms with E-state index in [1.807, 2.05) is 62.5 Å². The second-order valence-corrected chi connectivity index (χ2v) is 9.97. The highest BCUT2D eigenvalue weighted by Gasteiger charge is 2.24. The molecule has 0 radical (unpaired) electrons. The quantitative estimate of drug-likeness (QED) is 0.343. The Balaban J connectivity index is 1.47. The molecule has 1 saturated heterocycles. The lowest BCUT2D eigenvalue weighted by Crippen LogP contribution is -2.33. The van der Waals surface area contributed by atoms with E-state index in [2.05, 4.69) is 40.5 Å². The molecule has 1 unspecified atom stereocenters. The summed E-state index contributed by atoms with van der Waals surface area (Å²) in [6.45, 7) is 11.9. The van der Waals surface area contributed by atoms with Gasteiger partial charge in [0.15, 0.2) is 0 Å². The molecule has 2 aromatic carbocycles. The lowest BCUT2D eigenvalue weighted by molar-refractivity contribution is -0.120. The Morgan fingerprint density at radius 3 is 2.63 bits per heavy atom. The number of nitrogens with two attached hydrogens (primary N) is 1. The first-order valence-corrected chi connectivity index (χ1v) is 13.4. The third kappa shape index (κ3) is 6.25. The topological polar surface area (TPSA) is 74.0 Å². The molecule has 1 aliphatic carbocycles. The van der Waals surface area contributed by atoms with Gasteiger partial charge in [-0.3, -0.25) is 4.79 Å². The van der Waals surface area contributed by atoms with Crippen LogP contribution in [0.2, 0.25) is 0 Å². The van der Waals surface area contributed by atoms with Gasteiger partial charge in [0.1, 0.15) is 5.84 Å². The second kappa shape index (κ2) is 12.5. The van der Waals surface area contributed by atoms with Gasteiger partial charge in [0, 0.05) is 60.2 Å². The van der Waals surface area contributed by atoms with Crippen molar-refractivity contribution in [2.45, 2.75) is 39.0 Å². The number of aliphatic imine (C=N–C) groups is 1. The summed E-state index contributed by atoms with van der Waals surface area (Å²) < 4.78 is 0. The Morgan fingerprint density at radius 2 is 1.89 bits per heavy atom. The molecule has 1 heterocycles. The van der Waals surface area contributed by atoms with Crippen LogP contribution >= 0.6 is 0 Å². The summed E-state index contributed by atoms with van der Waals surface area (Å²) in [7, 11) is 1.85. The molecule has 1 amide bonds. The smallest absolute Gasteiger partial charge is 0.233 e. The van der Waals surface area contributed by atoms with Crippen LogP contribution in [0.3, 0.4) is 0 Å². The van der Waals surface area contributed by atoms with Crippen LogP contribution in [0.1, 0.15) is 48.8 Å². The molecule has 0 aromatic heterocycles. The molecule has 1 atom stereocenters. The fraction of sp³-hybridized carbons (Fsp3) is 0.312. The average molecular weight is 510 g/mol. The van der Waals surface area contributed by atoms with Crippen LogP contribution in [0.4, 0.5) is 11.4 Å². The SMILES string of the molecule is C=CN=C(Nc1cccc(N(C)C(=O)C2C=CC=C(N3CCCCC3)CC2)c1)c1cccc(C(=C)N)c1C. The summed E-state index contributed by atoms with van der Waals surface area (Å²) in [6.07, 6.45) is 13.4. The molecular weight excluding hydrogens is 470 g/mol. The van der Waals surface area contributed by atoms with Gasteiger partial charge in [-0.05, 0) is 68.9 Å². The van der Waals surface area contributed by atoms with Gasteiger partial charge in [-0.2, -0.15) is 0 Å². The lowest BCUT2D eigenvalue weighted by atomic mass is 9.99. The number of hydrogen-bond donors (Lipinski definition) is 2. The van der Waals surface area contributed by atoms with E-state index >= 15 is 0 Å². The molecule has 0 bridgehead atoms. The van der Waals surface area contributed by atoms with Crippen LogP contribution in [-0.4, -0.2) is 36.8 Å². The van der Waals surface area contributed by atoms with Gasteiger partial charge in [0.05, 0.1) is 5.92 Å². The number of amidine groups is 1. The van der Waals surface area contributed by atoms with Gasteiger partial charge in [-0.15, -0.1) is 0 Å². The van der Waals surface area contributed by atoms with Gasteiger partial charge in [0.2, 0.25) is 5.91 Å². The number of hydrogen-bond acceptors (Lipinski definition) is 4. The Labute approximate surface area is 226 Å².